The zero-order valence-corrected chi connectivity index (χ0v) is 17.1. The van der Waals surface area contributed by atoms with Crippen LogP contribution in [0.1, 0.15) is 29.8 Å². The Balaban J connectivity index is 2.25. The van der Waals surface area contributed by atoms with Gasteiger partial charge in [-0.1, -0.05) is 23.8 Å². The van der Waals surface area contributed by atoms with Crippen LogP contribution in [0.5, 0.6) is 0 Å². The van der Waals surface area contributed by atoms with E-state index >= 15 is 0 Å². The number of anilines is 2. The Bertz CT molecular complexity index is 955. The first-order chi connectivity index (χ1) is 13.1. The highest BCUT2D eigenvalue weighted by atomic mass is 32.2. The minimum atomic E-state index is -3.70. The van der Waals surface area contributed by atoms with Gasteiger partial charge in [-0.2, -0.15) is 0 Å². The zero-order valence-electron chi connectivity index (χ0n) is 16.3. The number of amides is 1. The number of benzene rings is 2. The summed E-state index contributed by atoms with van der Waals surface area (Å²) in [7, 11) is -3.70. The van der Waals surface area contributed by atoms with Gasteiger partial charge in [0, 0.05) is 5.69 Å². The first kappa shape index (κ1) is 21.4. The summed E-state index contributed by atoms with van der Waals surface area (Å²) in [5, 5.41) is 2.66. The highest BCUT2D eigenvalue weighted by Crippen LogP contribution is 2.22. The number of hydrogen-bond donors (Lipinski definition) is 1. The largest absolute Gasteiger partial charge is 0.462 e. The third-order valence-corrected chi connectivity index (χ3v) is 5.26. The lowest BCUT2D eigenvalue weighted by Gasteiger charge is -2.28. The second kappa shape index (κ2) is 8.88. The van der Waals surface area contributed by atoms with Crippen molar-refractivity contribution in [2.75, 3.05) is 22.5 Å². The van der Waals surface area contributed by atoms with Crippen LogP contribution in [0.15, 0.2) is 48.5 Å². The smallest absolute Gasteiger partial charge is 0.338 e. The average molecular weight is 404 g/mol. The minimum Gasteiger partial charge on any atom is -0.462 e. The molecule has 2 aromatic rings. The van der Waals surface area contributed by atoms with Crippen LogP contribution < -0.4 is 9.62 Å². The maximum atomic E-state index is 12.7. The topological polar surface area (TPSA) is 92.8 Å². The van der Waals surface area contributed by atoms with Crippen molar-refractivity contribution >= 4 is 33.3 Å². The Labute approximate surface area is 165 Å². The maximum absolute atomic E-state index is 12.7. The van der Waals surface area contributed by atoms with E-state index in [4.69, 9.17) is 4.74 Å². The second-order valence-electron chi connectivity index (χ2n) is 6.36. The molecule has 0 heterocycles. The van der Waals surface area contributed by atoms with Crippen molar-refractivity contribution in [2.24, 2.45) is 0 Å². The summed E-state index contributed by atoms with van der Waals surface area (Å²) in [6, 6.07) is 12.2. The standard InChI is InChI=1S/C20H24N2O5S/c1-5-27-20(24)16-7-6-8-17(13-16)21-19(23)15(3)22(28(4,25)26)18-11-9-14(2)10-12-18/h6-13,15H,5H2,1-4H3,(H,21,23)/t15-/m1/s1. The van der Waals surface area contributed by atoms with Crippen LogP contribution in [-0.4, -0.2) is 39.2 Å². The van der Waals surface area contributed by atoms with E-state index < -0.39 is 27.9 Å². The predicted molar refractivity (Wildman–Crippen MR) is 109 cm³/mol. The lowest BCUT2D eigenvalue weighted by atomic mass is 10.2. The van der Waals surface area contributed by atoms with Gasteiger partial charge in [0.2, 0.25) is 15.9 Å². The summed E-state index contributed by atoms with van der Waals surface area (Å²) in [4.78, 5) is 24.6. The molecule has 1 N–H and O–H groups in total. The van der Waals surface area contributed by atoms with E-state index in [2.05, 4.69) is 5.32 Å². The van der Waals surface area contributed by atoms with Crippen molar-refractivity contribution < 1.29 is 22.7 Å². The summed E-state index contributed by atoms with van der Waals surface area (Å²) >= 11 is 0. The molecule has 0 fully saturated rings. The molecule has 2 aromatic carbocycles. The van der Waals surface area contributed by atoms with Gasteiger partial charge in [-0.25, -0.2) is 13.2 Å². The Hall–Kier alpha value is -2.87. The highest BCUT2D eigenvalue weighted by Gasteiger charge is 2.29. The number of sulfonamides is 1. The molecule has 150 valence electrons. The minimum absolute atomic E-state index is 0.242. The highest BCUT2D eigenvalue weighted by molar-refractivity contribution is 7.92. The number of rotatable bonds is 7. The number of carbonyl (C=O) groups is 2. The number of hydrogen-bond acceptors (Lipinski definition) is 5. The normalized spacial score (nSPS) is 12.1. The van der Waals surface area contributed by atoms with Gasteiger partial charge < -0.3 is 10.1 Å². The lowest BCUT2D eigenvalue weighted by Crippen LogP contribution is -2.45. The molecule has 0 radical (unpaired) electrons. The molecule has 0 bridgehead atoms. The summed E-state index contributed by atoms with van der Waals surface area (Å²) in [6.45, 7) is 5.34. The molecular formula is C20H24N2O5S. The van der Waals surface area contributed by atoms with Crippen molar-refractivity contribution in [3.8, 4) is 0 Å². The van der Waals surface area contributed by atoms with Gasteiger partial charge in [-0.05, 0) is 51.1 Å². The first-order valence-electron chi connectivity index (χ1n) is 8.77. The zero-order chi connectivity index (χ0) is 20.9. The van der Waals surface area contributed by atoms with Crippen LogP contribution in [0, 0.1) is 6.92 Å². The maximum Gasteiger partial charge on any atom is 0.338 e. The summed E-state index contributed by atoms with van der Waals surface area (Å²) in [5.41, 5.74) is 2.05. The molecule has 0 aliphatic rings. The van der Waals surface area contributed by atoms with Crippen LogP contribution in [0.4, 0.5) is 11.4 Å². The number of aryl methyl sites for hydroxylation is 1. The Morgan fingerprint density at radius 2 is 1.79 bits per heavy atom. The fourth-order valence-corrected chi connectivity index (χ4v) is 3.86. The number of carbonyl (C=O) groups excluding carboxylic acids is 2. The summed E-state index contributed by atoms with van der Waals surface area (Å²) < 4.78 is 30.6. The Kier molecular flexibility index (Phi) is 6.80. The van der Waals surface area contributed by atoms with Gasteiger partial charge in [0.15, 0.2) is 0 Å². The molecule has 0 aliphatic heterocycles. The number of nitrogens with one attached hydrogen (secondary N) is 1. The van der Waals surface area contributed by atoms with E-state index in [1.54, 1.807) is 49.4 Å². The van der Waals surface area contributed by atoms with E-state index in [1.807, 2.05) is 6.92 Å². The van der Waals surface area contributed by atoms with Crippen molar-refractivity contribution in [1.82, 2.24) is 0 Å². The third kappa shape index (κ3) is 5.32. The van der Waals surface area contributed by atoms with Gasteiger partial charge >= 0.3 is 5.97 Å². The van der Waals surface area contributed by atoms with Crippen molar-refractivity contribution in [2.45, 2.75) is 26.8 Å². The molecule has 0 saturated heterocycles. The van der Waals surface area contributed by atoms with E-state index in [9.17, 15) is 18.0 Å². The number of nitrogens with zero attached hydrogens (tertiary/aromatic N) is 1. The Morgan fingerprint density at radius 1 is 1.14 bits per heavy atom. The summed E-state index contributed by atoms with van der Waals surface area (Å²) in [5.74, 6) is -1.02. The van der Waals surface area contributed by atoms with Crippen LogP contribution in [0.25, 0.3) is 0 Å². The van der Waals surface area contributed by atoms with Crippen LogP contribution >= 0.6 is 0 Å². The fraction of sp³-hybridized carbons (Fsp3) is 0.300. The quantitative estimate of drug-likeness (QED) is 0.716. The van der Waals surface area contributed by atoms with Gasteiger partial charge in [-0.3, -0.25) is 9.10 Å². The van der Waals surface area contributed by atoms with Crippen molar-refractivity contribution in [3.63, 3.8) is 0 Å². The third-order valence-electron chi connectivity index (χ3n) is 4.02. The number of esters is 1. The van der Waals surface area contributed by atoms with Crippen LogP contribution in [0.2, 0.25) is 0 Å². The van der Waals surface area contributed by atoms with Crippen molar-refractivity contribution in [1.29, 1.82) is 0 Å². The summed E-state index contributed by atoms with van der Waals surface area (Å²) in [6.07, 6.45) is 1.05. The SMILES string of the molecule is CCOC(=O)c1cccc(NC(=O)[C@@H](C)N(c2ccc(C)cc2)S(C)(=O)=O)c1. The van der Waals surface area contributed by atoms with E-state index in [0.717, 1.165) is 16.1 Å². The molecule has 1 amide bonds. The van der Waals surface area contributed by atoms with E-state index in [1.165, 1.54) is 13.0 Å². The van der Waals surface area contributed by atoms with E-state index in [-0.39, 0.29) is 6.61 Å². The molecule has 2 rings (SSSR count). The fourth-order valence-electron chi connectivity index (χ4n) is 2.69. The molecular weight excluding hydrogens is 380 g/mol. The number of ether oxygens (including phenoxy) is 1. The molecule has 28 heavy (non-hydrogen) atoms. The van der Waals surface area contributed by atoms with Gasteiger partial charge in [-0.15, -0.1) is 0 Å². The molecule has 8 heteroatoms. The first-order valence-corrected chi connectivity index (χ1v) is 10.6. The Morgan fingerprint density at radius 3 is 2.36 bits per heavy atom. The molecule has 0 saturated carbocycles. The van der Waals surface area contributed by atoms with Crippen LogP contribution in [0.3, 0.4) is 0 Å². The van der Waals surface area contributed by atoms with Gasteiger partial charge in [0.05, 0.1) is 24.1 Å². The average Bonchev–Trinajstić information content (AvgIpc) is 2.62. The van der Waals surface area contributed by atoms with Gasteiger partial charge in [0.25, 0.3) is 0 Å². The van der Waals surface area contributed by atoms with Crippen molar-refractivity contribution in [3.05, 3.63) is 59.7 Å². The van der Waals surface area contributed by atoms with Gasteiger partial charge in [0.1, 0.15) is 6.04 Å². The monoisotopic (exact) mass is 404 g/mol. The second-order valence-corrected chi connectivity index (χ2v) is 8.22. The molecule has 0 unspecified atom stereocenters. The molecule has 0 aromatic heterocycles. The molecule has 7 nitrogen and oxygen atoms in total. The molecule has 0 aliphatic carbocycles. The molecule has 0 spiro atoms. The lowest BCUT2D eigenvalue weighted by molar-refractivity contribution is -0.116. The molecule has 1 atom stereocenters. The van der Waals surface area contributed by atoms with E-state index in [0.29, 0.717) is 16.9 Å². The van der Waals surface area contributed by atoms with Crippen LogP contribution in [-0.2, 0) is 19.6 Å². The predicted octanol–water partition coefficient (Wildman–Crippen LogP) is 2.96.